The lowest BCUT2D eigenvalue weighted by molar-refractivity contribution is -0.274. The zero-order valence-corrected chi connectivity index (χ0v) is 11.6. The number of carbonyl (C=O) groups excluding carboxylic acids is 1. The quantitative estimate of drug-likeness (QED) is 0.921. The van der Waals surface area contributed by atoms with Gasteiger partial charge in [-0.3, -0.25) is 4.79 Å². The summed E-state index contributed by atoms with van der Waals surface area (Å²) >= 11 is 0. The number of carbonyl (C=O) groups is 1. The number of nitrogens with one attached hydrogen (secondary N) is 1. The van der Waals surface area contributed by atoms with E-state index in [2.05, 4.69) is 15.2 Å². The Balaban J connectivity index is 1.81. The minimum Gasteiger partial charge on any atom is -0.406 e. The predicted octanol–water partition coefficient (Wildman–Crippen LogP) is 2.85. The number of nitrogens with zero attached hydrogens (tertiary/aromatic N) is 1. The van der Waals surface area contributed by atoms with Crippen molar-refractivity contribution in [3.63, 3.8) is 0 Å². The lowest BCUT2D eigenvalue weighted by atomic mass is 10.1. The Morgan fingerprint density at radius 1 is 1.32 bits per heavy atom. The molecule has 0 unspecified atom stereocenters. The predicted molar refractivity (Wildman–Crippen MR) is 70.4 cm³/mol. The molecule has 1 heterocycles. The third-order valence-electron chi connectivity index (χ3n) is 2.71. The molecule has 0 saturated heterocycles. The Bertz CT molecular complexity index is 636. The van der Waals surface area contributed by atoms with E-state index in [1.165, 1.54) is 30.3 Å². The summed E-state index contributed by atoms with van der Waals surface area (Å²) in [5, 5.41) is 6.23. The van der Waals surface area contributed by atoms with E-state index in [1.54, 1.807) is 6.92 Å². The first-order valence-corrected chi connectivity index (χ1v) is 6.40. The number of rotatable bonds is 5. The van der Waals surface area contributed by atoms with Crippen LogP contribution in [0.2, 0.25) is 0 Å². The van der Waals surface area contributed by atoms with Gasteiger partial charge in [-0.2, -0.15) is 0 Å². The highest BCUT2D eigenvalue weighted by molar-refractivity contribution is 5.91. The maximum atomic E-state index is 12.0. The number of aromatic nitrogens is 1. The topological polar surface area (TPSA) is 64.4 Å². The van der Waals surface area contributed by atoms with Crippen molar-refractivity contribution in [3.05, 3.63) is 47.3 Å². The van der Waals surface area contributed by atoms with Gasteiger partial charge in [0, 0.05) is 12.6 Å². The molecule has 5 nitrogen and oxygen atoms in total. The molecular weight excluding hydrogens is 301 g/mol. The lowest BCUT2D eigenvalue weighted by Gasteiger charge is -2.09. The highest BCUT2D eigenvalue weighted by Gasteiger charge is 2.30. The molecule has 0 fully saturated rings. The van der Waals surface area contributed by atoms with Crippen molar-refractivity contribution in [1.82, 2.24) is 10.5 Å². The summed E-state index contributed by atoms with van der Waals surface area (Å²) in [5.74, 6) is -0.554. The average Bonchev–Trinajstić information content (AvgIpc) is 2.86. The molecule has 2 rings (SSSR count). The van der Waals surface area contributed by atoms with Gasteiger partial charge in [-0.1, -0.05) is 17.3 Å². The SMILES string of the molecule is Cc1cc(C(=O)NCCc2ccc(OC(F)(F)F)cc2)on1. The van der Waals surface area contributed by atoms with Crippen LogP contribution in [0.3, 0.4) is 0 Å². The van der Waals surface area contributed by atoms with Gasteiger partial charge in [-0.15, -0.1) is 13.2 Å². The Morgan fingerprint density at radius 2 is 2.00 bits per heavy atom. The molecule has 2 aromatic rings. The molecule has 0 saturated carbocycles. The normalized spacial score (nSPS) is 11.3. The van der Waals surface area contributed by atoms with Gasteiger partial charge in [0.25, 0.3) is 5.91 Å². The van der Waals surface area contributed by atoms with Crippen LogP contribution in [0.5, 0.6) is 5.75 Å². The van der Waals surface area contributed by atoms with Crippen molar-refractivity contribution in [2.24, 2.45) is 0 Å². The smallest absolute Gasteiger partial charge is 0.406 e. The number of halogens is 3. The Kier molecular flexibility index (Phi) is 4.69. The second-order valence-corrected chi connectivity index (χ2v) is 4.53. The molecule has 8 heteroatoms. The van der Waals surface area contributed by atoms with E-state index in [0.717, 1.165) is 5.56 Å². The zero-order valence-electron chi connectivity index (χ0n) is 11.6. The molecule has 118 valence electrons. The second kappa shape index (κ2) is 6.50. The molecule has 1 amide bonds. The van der Waals surface area contributed by atoms with Gasteiger partial charge in [0.2, 0.25) is 5.76 Å². The van der Waals surface area contributed by atoms with Crippen LogP contribution in [-0.2, 0) is 6.42 Å². The van der Waals surface area contributed by atoms with Crippen LogP contribution in [0.25, 0.3) is 0 Å². The van der Waals surface area contributed by atoms with Gasteiger partial charge < -0.3 is 14.6 Å². The van der Waals surface area contributed by atoms with E-state index in [9.17, 15) is 18.0 Å². The number of ether oxygens (including phenoxy) is 1. The summed E-state index contributed by atoms with van der Waals surface area (Å²) < 4.78 is 44.6. The van der Waals surface area contributed by atoms with E-state index in [-0.39, 0.29) is 11.5 Å². The van der Waals surface area contributed by atoms with E-state index in [4.69, 9.17) is 4.52 Å². The molecule has 22 heavy (non-hydrogen) atoms. The molecule has 0 atom stereocenters. The summed E-state index contributed by atoms with van der Waals surface area (Å²) in [5.41, 5.74) is 1.37. The first-order chi connectivity index (χ1) is 10.3. The minimum absolute atomic E-state index is 0.117. The summed E-state index contributed by atoms with van der Waals surface area (Å²) in [6, 6.07) is 6.98. The van der Waals surface area contributed by atoms with E-state index in [1.807, 2.05) is 0 Å². The van der Waals surface area contributed by atoms with Gasteiger partial charge in [0.05, 0.1) is 5.69 Å². The highest BCUT2D eigenvalue weighted by atomic mass is 19.4. The van der Waals surface area contributed by atoms with Gasteiger partial charge in [-0.05, 0) is 31.0 Å². The van der Waals surface area contributed by atoms with Crippen LogP contribution < -0.4 is 10.1 Å². The fourth-order valence-corrected chi connectivity index (χ4v) is 1.74. The fraction of sp³-hybridized carbons (Fsp3) is 0.286. The highest BCUT2D eigenvalue weighted by Crippen LogP contribution is 2.22. The minimum atomic E-state index is -4.70. The van der Waals surface area contributed by atoms with E-state index < -0.39 is 12.3 Å². The van der Waals surface area contributed by atoms with Crippen LogP contribution in [0.15, 0.2) is 34.9 Å². The number of aryl methyl sites for hydroxylation is 1. The van der Waals surface area contributed by atoms with Gasteiger partial charge in [0.1, 0.15) is 5.75 Å². The average molecular weight is 314 g/mol. The summed E-state index contributed by atoms with van der Waals surface area (Å²) in [6.07, 6.45) is -4.24. The molecule has 1 N–H and O–H groups in total. The van der Waals surface area contributed by atoms with Crippen LogP contribution in [0, 0.1) is 6.92 Å². The molecule has 0 aliphatic rings. The van der Waals surface area contributed by atoms with Crippen LogP contribution in [0.1, 0.15) is 21.8 Å². The molecule has 1 aromatic carbocycles. The largest absolute Gasteiger partial charge is 0.573 e. The van der Waals surface area contributed by atoms with Gasteiger partial charge >= 0.3 is 6.36 Å². The van der Waals surface area contributed by atoms with Gasteiger partial charge in [0.15, 0.2) is 0 Å². The third-order valence-corrected chi connectivity index (χ3v) is 2.71. The molecular formula is C14H13F3N2O3. The Morgan fingerprint density at radius 3 is 2.55 bits per heavy atom. The van der Waals surface area contributed by atoms with E-state index in [0.29, 0.717) is 18.7 Å². The maximum absolute atomic E-state index is 12.0. The molecule has 0 radical (unpaired) electrons. The summed E-state index contributed by atoms with van der Waals surface area (Å²) in [4.78, 5) is 11.7. The van der Waals surface area contributed by atoms with Crippen LogP contribution >= 0.6 is 0 Å². The second-order valence-electron chi connectivity index (χ2n) is 4.53. The third kappa shape index (κ3) is 4.80. The number of hydrogen-bond acceptors (Lipinski definition) is 4. The fourth-order valence-electron chi connectivity index (χ4n) is 1.74. The van der Waals surface area contributed by atoms with Gasteiger partial charge in [-0.25, -0.2) is 0 Å². The number of amides is 1. The maximum Gasteiger partial charge on any atom is 0.573 e. The number of hydrogen-bond donors (Lipinski definition) is 1. The van der Waals surface area contributed by atoms with Crippen molar-refractivity contribution >= 4 is 5.91 Å². The number of alkyl halides is 3. The van der Waals surface area contributed by atoms with Crippen molar-refractivity contribution in [3.8, 4) is 5.75 Å². The molecule has 0 bridgehead atoms. The first-order valence-electron chi connectivity index (χ1n) is 6.40. The number of benzene rings is 1. The van der Waals surface area contributed by atoms with Crippen LogP contribution in [-0.4, -0.2) is 24.0 Å². The standard InChI is InChI=1S/C14H13F3N2O3/c1-9-8-12(22-19-9)13(20)18-7-6-10-2-4-11(5-3-10)21-14(15,16)17/h2-5,8H,6-7H2,1H3,(H,18,20). The molecule has 0 aliphatic carbocycles. The van der Waals surface area contributed by atoms with Crippen molar-refractivity contribution < 1.29 is 27.2 Å². The Hall–Kier alpha value is -2.51. The van der Waals surface area contributed by atoms with Crippen molar-refractivity contribution in [2.75, 3.05) is 6.54 Å². The van der Waals surface area contributed by atoms with Crippen LogP contribution in [0.4, 0.5) is 13.2 Å². The lowest BCUT2D eigenvalue weighted by Crippen LogP contribution is -2.25. The molecule has 0 spiro atoms. The van der Waals surface area contributed by atoms with Crippen molar-refractivity contribution in [2.45, 2.75) is 19.7 Å². The first kappa shape index (κ1) is 15.9. The molecule has 1 aromatic heterocycles. The zero-order chi connectivity index (χ0) is 16.2. The summed E-state index contributed by atoms with van der Waals surface area (Å²) in [7, 11) is 0. The van der Waals surface area contributed by atoms with Crippen molar-refractivity contribution in [1.29, 1.82) is 0 Å². The summed E-state index contributed by atoms with van der Waals surface area (Å²) in [6.45, 7) is 2.02. The van der Waals surface area contributed by atoms with E-state index >= 15 is 0 Å². The molecule has 0 aliphatic heterocycles. The monoisotopic (exact) mass is 314 g/mol. The Labute approximate surface area is 124 Å².